The largest absolute Gasteiger partial charge is 0.373 e. The van der Waals surface area contributed by atoms with Crippen LogP contribution in [0.3, 0.4) is 0 Å². The Morgan fingerprint density at radius 3 is 2.84 bits per heavy atom. The van der Waals surface area contributed by atoms with Crippen molar-refractivity contribution in [1.29, 1.82) is 0 Å². The van der Waals surface area contributed by atoms with E-state index in [0.29, 0.717) is 34.3 Å². The third-order valence-corrected chi connectivity index (χ3v) is 6.82. The van der Waals surface area contributed by atoms with E-state index in [0.717, 1.165) is 35.6 Å². The van der Waals surface area contributed by atoms with Crippen LogP contribution >= 0.6 is 0 Å². The van der Waals surface area contributed by atoms with Crippen LogP contribution in [-0.2, 0) is 11.3 Å². The molecule has 0 radical (unpaired) electrons. The fraction of sp³-hybridized carbons (Fsp3) is 0.333. The first-order valence-corrected chi connectivity index (χ1v) is 13.0. The molecule has 38 heavy (non-hydrogen) atoms. The van der Waals surface area contributed by atoms with E-state index in [1.807, 2.05) is 44.2 Å². The number of pyridine rings is 1. The molecule has 1 unspecified atom stereocenters. The summed E-state index contributed by atoms with van der Waals surface area (Å²) in [6, 6.07) is 10.7. The maximum atomic E-state index is 14.3. The van der Waals surface area contributed by atoms with E-state index in [1.165, 1.54) is 0 Å². The number of fused-ring (bicyclic) bond motifs is 1. The molecule has 0 saturated heterocycles. The van der Waals surface area contributed by atoms with E-state index in [4.69, 9.17) is 9.72 Å². The topological polar surface area (TPSA) is 86.1 Å². The number of nitrogens with one attached hydrogen (secondary N) is 1. The van der Waals surface area contributed by atoms with Crippen LogP contribution in [0, 0.1) is 0 Å². The van der Waals surface area contributed by atoms with Crippen LogP contribution < -0.4 is 21.4 Å². The molecule has 0 bridgehead atoms. The lowest BCUT2D eigenvalue weighted by molar-refractivity contribution is 0.0512. The second-order valence-corrected chi connectivity index (χ2v) is 9.60. The summed E-state index contributed by atoms with van der Waals surface area (Å²) in [5, 5.41) is 8.82. The first kappa shape index (κ1) is 25.7. The van der Waals surface area contributed by atoms with Gasteiger partial charge < -0.3 is 10.1 Å². The van der Waals surface area contributed by atoms with Crippen LogP contribution in [0.2, 0.25) is 0 Å². The van der Waals surface area contributed by atoms with Gasteiger partial charge in [0.15, 0.2) is 0 Å². The van der Waals surface area contributed by atoms with Crippen LogP contribution in [0.5, 0.6) is 0 Å². The molecule has 5 rings (SSSR count). The van der Waals surface area contributed by atoms with Crippen molar-refractivity contribution in [2.75, 3.05) is 13.2 Å². The van der Waals surface area contributed by atoms with Crippen LogP contribution in [0.15, 0.2) is 59.0 Å². The summed E-state index contributed by atoms with van der Waals surface area (Å²) in [6.45, 7) is 4.60. The van der Waals surface area contributed by atoms with Gasteiger partial charge in [-0.15, -0.1) is 0 Å². The third kappa shape index (κ3) is 5.50. The third-order valence-electron chi connectivity index (χ3n) is 6.82. The molecule has 3 heterocycles. The van der Waals surface area contributed by atoms with Crippen molar-refractivity contribution in [2.24, 2.45) is 0 Å². The molecule has 1 fully saturated rings. The number of ether oxygens (including phenoxy) is 1. The fourth-order valence-corrected chi connectivity index (χ4v) is 4.62. The van der Waals surface area contributed by atoms with Gasteiger partial charge in [0.1, 0.15) is 6.17 Å². The minimum absolute atomic E-state index is 0.00712. The van der Waals surface area contributed by atoms with Crippen LogP contribution in [0.4, 0.5) is 4.39 Å². The Bertz CT molecular complexity index is 1570. The molecule has 1 atom stereocenters. The van der Waals surface area contributed by atoms with Gasteiger partial charge in [-0.25, -0.2) is 14.1 Å². The Labute approximate surface area is 220 Å². The minimum Gasteiger partial charge on any atom is -0.373 e. The summed E-state index contributed by atoms with van der Waals surface area (Å²) in [5.74, 6) is -0.275. The maximum Gasteiger partial charge on any atom is 0.276 e. The average molecular weight is 515 g/mol. The Balaban J connectivity index is 1.41. The molecule has 2 aromatic heterocycles. The Kier molecular flexibility index (Phi) is 7.60. The molecule has 0 spiro atoms. The highest BCUT2D eigenvalue weighted by Gasteiger charge is 2.26. The van der Waals surface area contributed by atoms with E-state index in [1.54, 1.807) is 35.1 Å². The van der Waals surface area contributed by atoms with Gasteiger partial charge in [-0.3, -0.25) is 9.59 Å². The number of alkyl halides is 1. The van der Waals surface area contributed by atoms with E-state index in [-0.39, 0.29) is 30.7 Å². The lowest BCUT2D eigenvalue weighted by Crippen LogP contribution is -2.31. The fourth-order valence-electron chi connectivity index (χ4n) is 4.62. The number of nitrogens with zero attached hydrogens (tertiary/aromatic N) is 3. The van der Waals surface area contributed by atoms with Crippen molar-refractivity contribution in [2.45, 2.75) is 51.9 Å². The molecule has 7 nitrogen and oxygen atoms in total. The van der Waals surface area contributed by atoms with Gasteiger partial charge in [0.05, 0.1) is 35.9 Å². The van der Waals surface area contributed by atoms with Crippen LogP contribution in [-0.4, -0.2) is 33.8 Å². The lowest BCUT2D eigenvalue weighted by atomic mass is 9.98. The summed E-state index contributed by atoms with van der Waals surface area (Å²) in [5.41, 5.74) is 3.55. The first-order valence-electron chi connectivity index (χ1n) is 13.0. The van der Waals surface area contributed by atoms with Gasteiger partial charge in [0.2, 0.25) is 0 Å². The van der Waals surface area contributed by atoms with Crippen molar-refractivity contribution in [3.05, 3.63) is 91.9 Å². The van der Waals surface area contributed by atoms with Gasteiger partial charge in [0, 0.05) is 18.3 Å². The zero-order chi connectivity index (χ0) is 26.6. The Morgan fingerprint density at radius 1 is 1.24 bits per heavy atom. The summed E-state index contributed by atoms with van der Waals surface area (Å²) < 4.78 is 21.1. The van der Waals surface area contributed by atoms with Crippen LogP contribution in [0.1, 0.15) is 66.8 Å². The van der Waals surface area contributed by atoms with Gasteiger partial charge in [-0.05, 0) is 78.4 Å². The normalized spacial score (nSPS) is 18.4. The van der Waals surface area contributed by atoms with Gasteiger partial charge >= 0.3 is 0 Å². The predicted molar refractivity (Wildman–Crippen MR) is 145 cm³/mol. The molecule has 196 valence electrons. The predicted octanol–water partition coefficient (Wildman–Crippen LogP) is 3.53. The zero-order valence-electron chi connectivity index (χ0n) is 21.6. The number of halogens is 1. The smallest absolute Gasteiger partial charge is 0.276 e. The Morgan fingerprint density at radius 2 is 2.08 bits per heavy atom. The molecule has 1 saturated carbocycles. The summed E-state index contributed by atoms with van der Waals surface area (Å²) in [6.07, 6.45) is 9.06. The van der Waals surface area contributed by atoms with E-state index in [2.05, 4.69) is 10.4 Å². The summed E-state index contributed by atoms with van der Waals surface area (Å²) in [4.78, 5) is 30.8. The van der Waals surface area contributed by atoms with E-state index >= 15 is 0 Å². The molecule has 1 amide bonds. The molecule has 8 heteroatoms. The first-order chi connectivity index (χ1) is 18.5. The standard InChI is InChI=1S/C30H31FN4O3/c1-3-5-19(16-32-29(36)21-6-7-22-17-38-18-26(31)25(22)15-21)14-28-20(4-2)8-11-27(34-28)24-12-13-33-35(30(24)37)23-9-10-23/h4-8,11-15,23,26H,3,9-10,16-18H2,1-2H3,(H,32,36)/b19-5-,20-4-,28-14+. The van der Waals surface area contributed by atoms with Crippen molar-refractivity contribution >= 4 is 18.1 Å². The van der Waals surface area contributed by atoms with E-state index in [9.17, 15) is 14.0 Å². The maximum absolute atomic E-state index is 14.3. The minimum atomic E-state index is -1.23. The second-order valence-electron chi connectivity index (χ2n) is 9.60. The number of hydrogen-bond acceptors (Lipinski definition) is 5. The SMILES string of the molecule is C/C=c1/ccc(-c2ccnn(C3CC3)c2=O)n/c1=C/C(=C/CC)CNC(=O)c1ccc2c(c1)C(F)COC2. The zero-order valence-corrected chi connectivity index (χ0v) is 21.6. The quantitative estimate of drug-likeness (QED) is 0.522. The highest BCUT2D eigenvalue weighted by atomic mass is 19.1. The second kappa shape index (κ2) is 11.2. The van der Waals surface area contributed by atoms with Crippen molar-refractivity contribution in [3.8, 4) is 11.3 Å². The van der Waals surface area contributed by atoms with Gasteiger partial charge in [-0.2, -0.15) is 5.10 Å². The van der Waals surface area contributed by atoms with Gasteiger partial charge in [-0.1, -0.05) is 31.2 Å². The van der Waals surface area contributed by atoms with Crippen molar-refractivity contribution in [3.63, 3.8) is 0 Å². The molecule has 1 aromatic carbocycles. The molecule has 3 aromatic rings. The Hall–Kier alpha value is -3.91. The summed E-state index contributed by atoms with van der Waals surface area (Å²) in [7, 11) is 0. The lowest BCUT2D eigenvalue weighted by Gasteiger charge is -2.20. The number of amides is 1. The number of carbonyl (C=O) groups is 1. The summed E-state index contributed by atoms with van der Waals surface area (Å²) >= 11 is 0. The number of carbonyl (C=O) groups excluding carboxylic acids is 1. The number of aromatic nitrogens is 3. The monoisotopic (exact) mass is 514 g/mol. The van der Waals surface area contributed by atoms with Crippen molar-refractivity contribution in [1.82, 2.24) is 20.1 Å². The number of rotatable bonds is 7. The van der Waals surface area contributed by atoms with Crippen molar-refractivity contribution < 1.29 is 13.9 Å². The average Bonchev–Trinajstić information content (AvgIpc) is 3.77. The van der Waals surface area contributed by atoms with Crippen LogP contribution in [0.25, 0.3) is 23.4 Å². The highest BCUT2D eigenvalue weighted by molar-refractivity contribution is 5.94. The number of hydrogen-bond donors (Lipinski definition) is 1. The number of benzene rings is 1. The number of allylic oxidation sites excluding steroid dienone is 1. The van der Waals surface area contributed by atoms with E-state index < -0.39 is 6.17 Å². The molecular weight excluding hydrogens is 483 g/mol. The molecular formula is C30H31FN4O3. The molecule has 2 aliphatic rings. The molecule has 1 aliphatic carbocycles. The van der Waals surface area contributed by atoms with Gasteiger partial charge in [0.25, 0.3) is 11.5 Å². The molecule has 1 aliphatic heterocycles. The molecule has 1 N–H and O–H groups in total. The highest BCUT2D eigenvalue weighted by Crippen LogP contribution is 2.32.